The Hall–Kier alpha value is -2.05. The van der Waals surface area contributed by atoms with Gasteiger partial charge in [-0.3, -0.25) is 4.57 Å². The highest BCUT2D eigenvalue weighted by atomic mass is 17.2. The molecule has 4 rings (SSSR count). The summed E-state index contributed by atoms with van der Waals surface area (Å²) < 4.78 is 12.3. The van der Waals surface area contributed by atoms with Gasteiger partial charge in [0.1, 0.15) is 5.52 Å². The number of aliphatic hydroxyl groups is 1. The number of hydrogen-bond acceptors (Lipinski definition) is 10. The van der Waals surface area contributed by atoms with E-state index in [0.717, 1.165) is 19.6 Å². The van der Waals surface area contributed by atoms with Gasteiger partial charge in [-0.2, -0.15) is 9.97 Å². The summed E-state index contributed by atoms with van der Waals surface area (Å²) in [4.78, 5) is 20.9. The molecule has 0 saturated carbocycles. The third-order valence-corrected chi connectivity index (χ3v) is 3.20. The summed E-state index contributed by atoms with van der Waals surface area (Å²) in [7, 11) is 0. The molecular formula is C12H18N6O5. The van der Waals surface area contributed by atoms with Gasteiger partial charge in [0.05, 0.1) is 32.8 Å². The average molecular weight is 326 g/mol. The highest BCUT2D eigenvalue weighted by Crippen LogP contribution is 2.26. The largest absolute Gasteiger partial charge is 0.391 e. The highest BCUT2D eigenvalue weighted by Gasteiger charge is 2.28. The van der Waals surface area contributed by atoms with Crippen molar-refractivity contribution in [2.45, 2.75) is 18.9 Å². The van der Waals surface area contributed by atoms with Crippen molar-refractivity contribution in [3.8, 4) is 0 Å². The zero-order valence-electron chi connectivity index (χ0n) is 12.3. The number of imidazole rings is 1. The minimum Gasteiger partial charge on any atom is -0.391 e. The van der Waals surface area contributed by atoms with Crippen molar-refractivity contribution >= 4 is 22.9 Å². The van der Waals surface area contributed by atoms with Gasteiger partial charge in [-0.25, -0.2) is 14.8 Å². The third kappa shape index (κ3) is 3.48. The Labute approximate surface area is 131 Å². The second-order valence-electron chi connectivity index (χ2n) is 4.82. The van der Waals surface area contributed by atoms with Gasteiger partial charge in [0.15, 0.2) is 24.0 Å². The van der Waals surface area contributed by atoms with Crippen LogP contribution in [0.1, 0.15) is 12.6 Å². The lowest BCUT2D eigenvalue weighted by atomic mass is 10.5. The summed E-state index contributed by atoms with van der Waals surface area (Å²) in [6.45, 7) is 1.64. The van der Waals surface area contributed by atoms with Crippen LogP contribution >= 0.6 is 0 Å². The molecule has 0 radical (unpaired) electrons. The number of aromatic nitrogens is 4. The van der Waals surface area contributed by atoms with Gasteiger partial charge >= 0.3 is 0 Å². The number of aliphatic hydroxyl groups excluding tert-OH is 1. The van der Waals surface area contributed by atoms with Gasteiger partial charge in [0.2, 0.25) is 5.95 Å². The first kappa shape index (κ1) is 15.8. The molecule has 0 bridgehead atoms. The molecule has 0 aliphatic carbocycles. The van der Waals surface area contributed by atoms with Crippen molar-refractivity contribution in [2.75, 3.05) is 37.9 Å². The number of nitrogens with two attached hydrogens (primary N) is 2. The van der Waals surface area contributed by atoms with Crippen LogP contribution in [0.3, 0.4) is 0 Å². The van der Waals surface area contributed by atoms with Crippen LogP contribution in [0.25, 0.3) is 11.2 Å². The average Bonchev–Trinajstić information content (AvgIpc) is 3.28. The number of fused-ring (bicyclic) bond motifs is 1. The monoisotopic (exact) mass is 326 g/mol. The third-order valence-electron chi connectivity index (χ3n) is 3.20. The molecular weight excluding hydrogens is 308 g/mol. The molecule has 23 heavy (non-hydrogen) atoms. The number of anilines is 2. The van der Waals surface area contributed by atoms with Gasteiger partial charge < -0.3 is 26.0 Å². The minimum absolute atomic E-state index is 0.0689. The standard InChI is InChI=1S/C9H12N6O3.C3H6O2/c10-7-6-8(14-9(11)13-7)15(3-12-6)4-2-17-5(1-16)18-4;1-2-4-5-3-1/h3-5,16H,1-2H2,(H4,10,11,13,14);1-3H2/t4-,5-;/m1./s1. The summed E-state index contributed by atoms with van der Waals surface area (Å²) in [5.74, 6) is 0.285. The molecule has 11 nitrogen and oxygen atoms in total. The van der Waals surface area contributed by atoms with Gasteiger partial charge in [-0.15, -0.1) is 0 Å². The first-order valence-corrected chi connectivity index (χ1v) is 7.07. The molecule has 2 aliphatic rings. The van der Waals surface area contributed by atoms with Crippen LogP contribution in [0.2, 0.25) is 0 Å². The first-order valence-electron chi connectivity index (χ1n) is 7.07. The molecule has 2 aliphatic heterocycles. The fourth-order valence-corrected chi connectivity index (χ4v) is 2.15. The number of rotatable bonds is 2. The van der Waals surface area contributed by atoms with Crippen LogP contribution < -0.4 is 11.5 Å². The van der Waals surface area contributed by atoms with Crippen LogP contribution in [-0.2, 0) is 19.2 Å². The van der Waals surface area contributed by atoms with E-state index in [9.17, 15) is 0 Å². The van der Waals surface area contributed by atoms with E-state index in [4.69, 9.17) is 26.0 Å². The first-order chi connectivity index (χ1) is 11.2. The molecule has 2 aromatic rings. The van der Waals surface area contributed by atoms with Crippen LogP contribution in [0.4, 0.5) is 11.8 Å². The smallest absolute Gasteiger partial charge is 0.224 e. The zero-order valence-corrected chi connectivity index (χ0v) is 12.3. The van der Waals surface area contributed by atoms with Crippen LogP contribution in [0.5, 0.6) is 0 Å². The molecule has 0 spiro atoms. The Morgan fingerprint density at radius 1 is 1.26 bits per heavy atom. The fraction of sp³-hybridized carbons (Fsp3) is 0.583. The topological polar surface area (TPSA) is 153 Å². The Morgan fingerprint density at radius 3 is 2.65 bits per heavy atom. The van der Waals surface area contributed by atoms with E-state index in [1.54, 1.807) is 4.57 Å². The predicted molar refractivity (Wildman–Crippen MR) is 77.6 cm³/mol. The summed E-state index contributed by atoms with van der Waals surface area (Å²) in [6.07, 6.45) is 1.54. The van der Waals surface area contributed by atoms with E-state index in [1.807, 2.05) is 0 Å². The zero-order chi connectivity index (χ0) is 16.2. The van der Waals surface area contributed by atoms with Crippen molar-refractivity contribution in [2.24, 2.45) is 0 Å². The lowest BCUT2D eigenvalue weighted by Gasteiger charge is -2.11. The molecule has 0 unspecified atom stereocenters. The van der Waals surface area contributed by atoms with Crippen molar-refractivity contribution in [3.63, 3.8) is 0 Å². The van der Waals surface area contributed by atoms with Crippen LogP contribution in [0, 0.1) is 0 Å². The van der Waals surface area contributed by atoms with Gasteiger partial charge in [0, 0.05) is 6.42 Å². The predicted octanol–water partition coefficient (Wildman–Crippen LogP) is -0.807. The second kappa shape index (κ2) is 7.02. The highest BCUT2D eigenvalue weighted by molar-refractivity contribution is 5.82. The van der Waals surface area contributed by atoms with E-state index >= 15 is 0 Å². The number of nitrogens with zero attached hydrogens (tertiary/aromatic N) is 4. The van der Waals surface area contributed by atoms with Crippen molar-refractivity contribution in [1.29, 1.82) is 0 Å². The Balaban J connectivity index is 0.000000267. The van der Waals surface area contributed by atoms with E-state index < -0.39 is 12.5 Å². The maximum Gasteiger partial charge on any atom is 0.224 e. The fourth-order valence-electron chi connectivity index (χ4n) is 2.15. The van der Waals surface area contributed by atoms with E-state index in [1.165, 1.54) is 6.33 Å². The molecule has 0 amide bonds. The summed E-state index contributed by atoms with van der Waals surface area (Å²) in [5, 5.41) is 8.94. The van der Waals surface area contributed by atoms with Crippen LogP contribution in [-0.4, -0.2) is 57.3 Å². The van der Waals surface area contributed by atoms with Gasteiger partial charge in [0.25, 0.3) is 0 Å². The maximum atomic E-state index is 8.94. The molecule has 126 valence electrons. The number of nitrogen functional groups attached to an aromatic ring is 2. The summed E-state index contributed by atoms with van der Waals surface area (Å²) in [5.41, 5.74) is 12.2. The Bertz CT molecular complexity index is 653. The molecule has 2 fully saturated rings. The molecule has 2 atom stereocenters. The Kier molecular flexibility index (Phi) is 4.83. The van der Waals surface area contributed by atoms with Crippen molar-refractivity contribution < 1.29 is 24.4 Å². The number of ether oxygens (including phenoxy) is 2. The quantitative estimate of drug-likeness (QED) is 0.597. The molecule has 0 aromatic carbocycles. The number of hydrogen-bond donors (Lipinski definition) is 3. The van der Waals surface area contributed by atoms with Crippen molar-refractivity contribution in [1.82, 2.24) is 19.5 Å². The second-order valence-corrected chi connectivity index (χ2v) is 4.82. The van der Waals surface area contributed by atoms with Gasteiger partial charge in [-0.05, 0) is 0 Å². The molecule has 11 heteroatoms. The molecule has 5 N–H and O–H groups in total. The normalized spacial score (nSPS) is 23.9. The SMILES string of the molecule is C1COOC1.Nc1nc(N)c2ncn([C@H]3CO[C@@H](CO)O3)c2n1. The van der Waals surface area contributed by atoms with E-state index in [-0.39, 0.29) is 18.4 Å². The lowest BCUT2D eigenvalue weighted by molar-refractivity contribution is -0.248. The summed E-state index contributed by atoms with van der Waals surface area (Å²) >= 11 is 0. The van der Waals surface area contributed by atoms with Crippen LogP contribution in [0.15, 0.2) is 6.33 Å². The van der Waals surface area contributed by atoms with E-state index in [2.05, 4.69) is 24.7 Å². The lowest BCUT2D eigenvalue weighted by Crippen LogP contribution is -2.15. The van der Waals surface area contributed by atoms with Gasteiger partial charge in [-0.1, -0.05) is 0 Å². The molecule has 2 aromatic heterocycles. The Morgan fingerprint density at radius 2 is 2.04 bits per heavy atom. The molecule has 2 saturated heterocycles. The minimum atomic E-state index is -0.635. The summed E-state index contributed by atoms with van der Waals surface area (Å²) in [6, 6.07) is 0. The van der Waals surface area contributed by atoms with Crippen molar-refractivity contribution in [3.05, 3.63) is 6.33 Å². The maximum absolute atomic E-state index is 8.94. The molecule has 4 heterocycles. The van der Waals surface area contributed by atoms with E-state index in [0.29, 0.717) is 17.8 Å².